The number of halogens is 2. The number of benzene rings is 1. The smallest absolute Gasteiger partial charge is 0.0410 e. The van der Waals surface area contributed by atoms with Crippen LogP contribution < -0.4 is 5.73 Å². The van der Waals surface area contributed by atoms with Crippen LogP contribution in [0, 0.1) is 10.5 Å². The normalized spacial score (nSPS) is 12.4. The molecule has 0 bridgehead atoms. The van der Waals surface area contributed by atoms with Gasteiger partial charge in [0, 0.05) is 26.5 Å². The Balaban J connectivity index is 2.22. The molecule has 1 atom stereocenters. The van der Waals surface area contributed by atoms with Gasteiger partial charge in [-0.1, -0.05) is 18.2 Å². The number of rotatable bonds is 3. The van der Waals surface area contributed by atoms with Crippen LogP contribution in [0.3, 0.4) is 0 Å². The number of aromatic nitrogens is 1. The Kier molecular flexibility index (Phi) is 4.75. The van der Waals surface area contributed by atoms with Gasteiger partial charge in [0.1, 0.15) is 0 Å². The van der Waals surface area contributed by atoms with Gasteiger partial charge < -0.3 is 5.73 Å². The van der Waals surface area contributed by atoms with Crippen molar-refractivity contribution < 1.29 is 0 Å². The third-order valence-corrected chi connectivity index (χ3v) is 4.75. The first kappa shape index (κ1) is 14.0. The fourth-order valence-electron chi connectivity index (χ4n) is 1.89. The minimum Gasteiger partial charge on any atom is -0.324 e. The molecule has 0 amide bonds. The number of nitrogens with zero attached hydrogens (tertiary/aromatic N) is 1. The summed E-state index contributed by atoms with van der Waals surface area (Å²) in [6, 6.07) is 8.35. The molecule has 0 saturated carbocycles. The molecule has 18 heavy (non-hydrogen) atoms. The summed E-state index contributed by atoms with van der Waals surface area (Å²) in [5.74, 6) is 0. The second kappa shape index (κ2) is 6.12. The summed E-state index contributed by atoms with van der Waals surface area (Å²) >= 11 is 5.79. The summed E-state index contributed by atoms with van der Waals surface area (Å²) in [5.41, 5.74) is 9.92. The van der Waals surface area contributed by atoms with Crippen molar-refractivity contribution in [1.82, 2.24) is 4.98 Å². The molecule has 2 rings (SSSR count). The van der Waals surface area contributed by atoms with Gasteiger partial charge >= 0.3 is 0 Å². The molecule has 0 radical (unpaired) electrons. The molecule has 2 N–H and O–H groups in total. The van der Waals surface area contributed by atoms with Gasteiger partial charge in [-0.2, -0.15) is 0 Å². The maximum Gasteiger partial charge on any atom is 0.0410 e. The molecule has 1 heterocycles. The highest BCUT2D eigenvalue weighted by Gasteiger charge is 2.12. The lowest BCUT2D eigenvalue weighted by atomic mass is 9.99. The van der Waals surface area contributed by atoms with Crippen LogP contribution in [-0.4, -0.2) is 4.98 Å². The van der Waals surface area contributed by atoms with E-state index in [0.717, 1.165) is 16.5 Å². The molecule has 0 aliphatic rings. The van der Waals surface area contributed by atoms with E-state index in [1.54, 1.807) is 6.20 Å². The minimum atomic E-state index is 0.00731. The van der Waals surface area contributed by atoms with E-state index in [9.17, 15) is 0 Å². The van der Waals surface area contributed by atoms with E-state index in [-0.39, 0.29) is 6.04 Å². The van der Waals surface area contributed by atoms with Gasteiger partial charge in [-0.25, -0.2) is 0 Å². The summed E-state index contributed by atoms with van der Waals surface area (Å²) in [4.78, 5) is 4.17. The van der Waals surface area contributed by atoms with Gasteiger partial charge in [0.15, 0.2) is 0 Å². The number of hydrogen-bond donors (Lipinski definition) is 1. The lowest BCUT2D eigenvalue weighted by Crippen LogP contribution is -2.15. The van der Waals surface area contributed by atoms with Gasteiger partial charge in [0.25, 0.3) is 0 Å². The van der Waals surface area contributed by atoms with Crippen molar-refractivity contribution in [3.63, 3.8) is 0 Å². The maximum atomic E-state index is 6.30. The molecule has 1 unspecified atom stereocenters. The Morgan fingerprint density at radius 1 is 1.39 bits per heavy atom. The Bertz CT molecular complexity index is 557. The number of hydrogen-bond acceptors (Lipinski definition) is 2. The number of nitrogens with two attached hydrogens (primary N) is 1. The van der Waals surface area contributed by atoms with Gasteiger partial charge in [0.2, 0.25) is 0 Å². The zero-order chi connectivity index (χ0) is 13.1. The standard InChI is InChI=1S/C14H14BrIN2/c1-9-3-2-4-12(14(9)16)13(17)6-10-5-11(15)8-18-7-10/h2-5,7-8,13H,6,17H2,1H3. The number of pyridine rings is 1. The van der Waals surface area contributed by atoms with Crippen molar-refractivity contribution in [1.29, 1.82) is 0 Å². The summed E-state index contributed by atoms with van der Waals surface area (Å²) in [6.45, 7) is 2.11. The number of aryl methyl sites for hydroxylation is 1. The van der Waals surface area contributed by atoms with Crippen LogP contribution in [0.15, 0.2) is 41.1 Å². The second-order valence-corrected chi connectivity index (χ2v) is 6.29. The lowest BCUT2D eigenvalue weighted by Gasteiger charge is -2.15. The molecule has 1 aromatic carbocycles. The van der Waals surface area contributed by atoms with E-state index in [2.05, 4.69) is 74.7 Å². The molecule has 4 heteroatoms. The van der Waals surface area contributed by atoms with Crippen LogP contribution in [0.1, 0.15) is 22.7 Å². The molecule has 1 aromatic heterocycles. The van der Waals surface area contributed by atoms with Crippen LogP contribution in [0.5, 0.6) is 0 Å². The molecular weight excluding hydrogens is 403 g/mol. The quantitative estimate of drug-likeness (QED) is 0.768. The third kappa shape index (κ3) is 3.30. The molecule has 2 nitrogen and oxygen atoms in total. The Hall–Kier alpha value is -0.460. The first-order chi connectivity index (χ1) is 8.58. The topological polar surface area (TPSA) is 38.9 Å². The average molecular weight is 417 g/mol. The van der Waals surface area contributed by atoms with Crippen molar-refractivity contribution in [2.75, 3.05) is 0 Å². The van der Waals surface area contributed by atoms with Crippen LogP contribution >= 0.6 is 38.5 Å². The molecule has 0 aliphatic carbocycles. The average Bonchev–Trinajstić information content (AvgIpc) is 2.32. The summed E-state index contributed by atoms with van der Waals surface area (Å²) in [7, 11) is 0. The van der Waals surface area contributed by atoms with Crippen LogP contribution in [0.2, 0.25) is 0 Å². The highest BCUT2D eigenvalue weighted by Crippen LogP contribution is 2.24. The molecule has 2 aromatic rings. The fourth-order valence-corrected chi connectivity index (χ4v) is 3.06. The fraction of sp³-hybridized carbons (Fsp3) is 0.214. The summed E-state index contributed by atoms with van der Waals surface area (Å²) < 4.78 is 2.25. The van der Waals surface area contributed by atoms with E-state index in [4.69, 9.17) is 5.73 Å². The van der Waals surface area contributed by atoms with E-state index in [0.29, 0.717) is 0 Å². The van der Waals surface area contributed by atoms with E-state index >= 15 is 0 Å². The van der Waals surface area contributed by atoms with Crippen LogP contribution in [0.25, 0.3) is 0 Å². The van der Waals surface area contributed by atoms with Crippen molar-refractivity contribution in [2.45, 2.75) is 19.4 Å². The highest BCUT2D eigenvalue weighted by atomic mass is 127. The molecule has 0 aliphatic heterocycles. The molecular formula is C14H14BrIN2. The largest absolute Gasteiger partial charge is 0.324 e. The van der Waals surface area contributed by atoms with Gasteiger partial charge in [-0.3, -0.25) is 4.98 Å². The maximum absolute atomic E-state index is 6.30. The van der Waals surface area contributed by atoms with Gasteiger partial charge in [-0.05, 0) is 74.6 Å². The highest BCUT2D eigenvalue weighted by molar-refractivity contribution is 14.1. The predicted octanol–water partition coefficient (Wildman–Crippen LogP) is 4.00. The minimum absolute atomic E-state index is 0.00731. The summed E-state index contributed by atoms with van der Waals surface area (Å²) in [5, 5.41) is 0. The molecule has 0 saturated heterocycles. The van der Waals surface area contributed by atoms with Crippen molar-refractivity contribution >= 4 is 38.5 Å². The van der Waals surface area contributed by atoms with E-state index in [1.807, 2.05) is 6.20 Å². The molecule has 0 fully saturated rings. The zero-order valence-corrected chi connectivity index (χ0v) is 13.8. The van der Waals surface area contributed by atoms with E-state index < -0.39 is 0 Å². The predicted molar refractivity (Wildman–Crippen MR) is 86.5 cm³/mol. The monoisotopic (exact) mass is 416 g/mol. The third-order valence-electron chi connectivity index (χ3n) is 2.84. The van der Waals surface area contributed by atoms with Crippen molar-refractivity contribution in [3.8, 4) is 0 Å². The first-order valence-electron chi connectivity index (χ1n) is 5.68. The second-order valence-electron chi connectivity index (χ2n) is 4.30. The van der Waals surface area contributed by atoms with Crippen LogP contribution in [0.4, 0.5) is 0 Å². The Morgan fingerprint density at radius 2 is 2.17 bits per heavy atom. The lowest BCUT2D eigenvalue weighted by molar-refractivity contribution is 0.714. The zero-order valence-electron chi connectivity index (χ0n) is 10.0. The summed E-state index contributed by atoms with van der Waals surface area (Å²) in [6.07, 6.45) is 4.45. The van der Waals surface area contributed by atoms with Gasteiger partial charge in [0.05, 0.1) is 0 Å². The van der Waals surface area contributed by atoms with Crippen LogP contribution in [-0.2, 0) is 6.42 Å². The molecule has 0 spiro atoms. The SMILES string of the molecule is Cc1cccc(C(N)Cc2cncc(Br)c2)c1I. The first-order valence-corrected chi connectivity index (χ1v) is 7.55. The van der Waals surface area contributed by atoms with Crippen molar-refractivity contribution in [3.05, 3.63) is 61.4 Å². The van der Waals surface area contributed by atoms with Gasteiger partial charge in [-0.15, -0.1) is 0 Å². The van der Waals surface area contributed by atoms with E-state index in [1.165, 1.54) is 14.7 Å². The Labute approximate surface area is 129 Å². The Morgan fingerprint density at radius 3 is 2.89 bits per heavy atom. The molecule has 94 valence electrons. The van der Waals surface area contributed by atoms with Crippen molar-refractivity contribution in [2.24, 2.45) is 5.73 Å².